The molecule has 1 saturated heterocycles. The standard InChI is InChI=1S/C16H27N3O2S/c1-11(2)5-6-15(20)18-16-17-14(10-22-16)9-19-7-12(3)21-13(4)8-19/h10-13H,5-9H2,1-4H3,(H,17,18,20). The van der Waals surface area contributed by atoms with Crippen LogP contribution in [0.3, 0.4) is 0 Å². The van der Waals surface area contributed by atoms with Crippen molar-refractivity contribution in [2.75, 3.05) is 18.4 Å². The van der Waals surface area contributed by atoms with Gasteiger partial charge >= 0.3 is 0 Å². The van der Waals surface area contributed by atoms with Crippen LogP contribution in [-0.2, 0) is 16.1 Å². The Bertz CT molecular complexity index is 479. The number of carbonyl (C=O) groups excluding carboxylic acids is 1. The number of nitrogens with zero attached hydrogens (tertiary/aromatic N) is 2. The summed E-state index contributed by atoms with van der Waals surface area (Å²) in [5.41, 5.74) is 1.02. The largest absolute Gasteiger partial charge is 0.373 e. The van der Waals surface area contributed by atoms with Crippen molar-refractivity contribution in [3.05, 3.63) is 11.1 Å². The van der Waals surface area contributed by atoms with Crippen LogP contribution in [0.2, 0.25) is 0 Å². The number of carbonyl (C=O) groups is 1. The van der Waals surface area contributed by atoms with E-state index < -0.39 is 0 Å². The molecule has 1 aliphatic heterocycles. The smallest absolute Gasteiger partial charge is 0.226 e. The Labute approximate surface area is 137 Å². The third-order valence-electron chi connectivity index (χ3n) is 3.63. The lowest BCUT2D eigenvalue weighted by Crippen LogP contribution is -2.44. The molecular weight excluding hydrogens is 298 g/mol. The van der Waals surface area contributed by atoms with Gasteiger partial charge < -0.3 is 10.1 Å². The predicted molar refractivity (Wildman–Crippen MR) is 90.1 cm³/mol. The van der Waals surface area contributed by atoms with Gasteiger partial charge in [-0.05, 0) is 26.2 Å². The van der Waals surface area contributed by atoms with Gasteiger partial charge in [-0.1, -0.05) is 13.8 Å². The van der Waals surface area contributed by atoms with Gasteiger partial charge in [0.1, 0.15) is 0 Å². The fourth-order valence-electron chi connectivity index (χ4n) is 2.68. The molecule has 1 aromatic rings. The van der Waals surface area contributed by atoms with E-state index in [-0.39, 0.29) is 18.1 Å². The topological polar surface area (TPSA) is 54.5 Å². The highest BCUT2D eigenvalue weighted by Crippen LogP contribution is 2.19. The van der Waals surface area contributed by atoms with E-state index in [1.54, 1.807) is 0 Å². The molecule has 1 N–H and O–H groups in total. The minimum Gasteiger partial charge on any atom is -0.373 e. The summed E-state index contributed by atoms with van der Waals surface area (Å²) in [7, 11) is 0. The first-order chi connectivity index (χ1) is 10.4. The Morgan fingerprint density at radius 1 is 1.45 bits per heavy atom. The summed E-state index contributed by atoms with van der Waals surface area (Å²) in [5.74, 6) is 0.603. The minimum absolute atomic E-state index is 0.0585. The monoisotopic (exact) mass is 325 g/mol. The normalized spacial score (nSPS) is 23.0. The van der Waals surface area contributed by atoms with Crippen LogP contribution in [0.4, 0.5) is 5.13 Å². The number of thiazole rings is 1. The van der Waals surface area contributed by atoms with Gasteiger partial charge in [-0.3, -0.25) is 9.69 Å². The first-order valence-electron chi connectivity index (χ1n) is 8.04. The first-order valence-corrected chi connectivity index (χ1v) is 8.92. The molecule has 2 unspecified atom stereocenters. The Kier molecular flexibility index (Phi) is 6.35. The minimum atomic E-state index is 0.0585. The van der Waals surface area contributed by atoms with Crippen LogP contribution in [0, 0.1) is 5.92 Å². The second-order valence-electron chi connectivity index (χ2n) is 6.58. The molecule has 0 aromatic carbocycles. The fraction of sp³-hybridized carbons (Fsp3) is 0.750. The molecule has 2 heterocycles. The third kappa shape index (κ3) is 5.66. The van der Waals surface area contributed by atoms with Crippen molar-refractivity contribution in [2.24, 2.45) is 5.92 Å². The number of morpholine rings is 1. The lowest BCUT2D eigenvalue weighted by molar-refractivity contribution is -0.116. The molecule has 0 saturated carbocycles. The number of amides is 1. The Morgan fingerprint density at radius 2 is 2.14 bits per heavy atom. The van der Waals surface area contributed by atoms with E-state index in [0.717, 1.165) is 31.7 Å². The van der Waals surface area contributed by atoms with Gasteiger partial charge in [-0.25, -0.2) is 4.98 Å². The molecule has 1 fully saturated rings. The van der Waals surface area contributed by atoms with Crippen LogP contribution in [0.25, 0.3) is 0 Å². The SMILES string of the molecule is CC(C)CCC(=O)Nc1nc(CN2CC(C)OC(C)C2)cs1. The Morgan fingerprint density at radius 3 is 2.77 bits per heavy atom. The van der Waals surface area contributed by atoms with Crippen LogP contribution in [0.15, 0.2) is 5.38 Å². The molecule has 124 valence electrons. The number of rotatable bonds is 6. The predicted octanol–water partition coefficient (Wildman–Crippen LogP) is 3.13. The fourth-order valence-corrected chi connectivity index (χ4v) is 3.40. The summed E-state index contributed by atoms with van der Waals surface area (Å²) >= 11 is 1.50. The lowest BCUT2D eigenvalue weighted by atomic mass is 10.1. The number of aromatic nitrogens is 1. The van der Waals surface area contributed by atoms with Crippen LogP contribution in [0.1, 0.15) is 46.2 Å². The van der Waals surface area contributed by atoms with E-state index >= 15 is 0 Å². The summed E-state index contributed by atoms with van der Waals surface area (Å²) in [5, 5.41) is 5.63. The highest BCUT2D eigenvalue weighted by atomic mass is 32.1. The molecule has 1 amide bonds. The quantitative estimate of drug-likeness (QED) is 0.873. The van der Waals surface area contributed by atoms with E-state index in [1.807, 2.05) is 5.38 Å². The Hall–Kier alpha value is -0.980. The van der Waals surface area contributed by atoms with Crippen molar-refractivity contribution in [1.29, 1.82) is 0 Å². The van der Waals surface area contributed by atoms with E-state index in [0.29, 0.717) is 17.5 Å². The number of hydrogen-bond acceptors (Lipinski definition) is 5. The molecule has 22 heavy (non-hydrogen) atoms. The molecular formula is C16H27N3O2S. The van der Waals surface area contributed by atoms with Crippen molar-refractivity contribution in [1.82, 2.24) is 9.88 Å². The van der Waals surface area contributed by atoms with Gasteiger partial charge in [0, 0.05) is 31.4 Å². The second kappa shape index (κ2) is 8.04. The zero-order valence-corrected chi connectivity index (χ0v) is 14.8. The number of ether oxygens (including phenoxy) is 1. The van der Waals surface area contributed by atoms with Crippen LogP contribution < -0.4 is 5.32 Å². The maximum absolute atomic E-state index is 11.8. The first kappa shape index (κ1) is 17.4. The zero-order valence-electron chi connectivity index (χ0n) is 14.0. The maximum Gasteiger partial charge on any atom is 0.226 e. The highest BCUT2D eigenvalue weighted by molar-refractivity contribution is 7.13. The molecule has 0 spiro atoms. The molecule has 2 atom stereocenters. The third-order valence-corrected chi connectivity index (χ3v) is 4.43. The van der Waals surface area contributed by atoms with Crippen molar-refractivity contribution >= 4 is 22.4 Å². The average Bonchev–Trinajstić information content (AvgIpc) is 2.82. The van der Waals surface area contributed by atoms with Crippen molar-refractivity contribution in [3.8, 4) is 0 Å². The summed E-state index contributed by atoms with van der Waals surface area (Å²) in [4.78, 5) is 18.7. The maximum atomic E-state index is 11.8. The van der Waals surface area contributed by atoms with Crippen LogP contribution >= 0.6 is 11.3 Å². The summed E-state index contributed by atoms with van der Waals surface area (Å²) in [6.07, 6.45) is 1.99. The second-order valence-corrected chi connectivity index (χ2v) is 7.43. The van der Waals surface area contributed by atoms with Crippen molar-refractivity contribution in [2.45, 2.75) is 59.3 Å². The highest BCUT2D eigenvalue weighted by Gasteiger charge is 2.22. The molecule has 5 nitrogen and oxygen atoms in total. The molecule has 2 rings (SSSR count). The number of anilines is 1. The van der Waals surface area contributed by atoms with Gasteiger partial charge in [0.15, 0.2) is 5.13 Å². The lowest BCUT2D eigenvalue weighted by Gasteiger charge is -2.34. The Balaban J connectivity index is 1.82. The van der Waals surface area contributed by atoms with Crippen molar-refractivity contribution < 1.29 is 9.53 Å². The molecule has 0 aliphatic carbocycles. The zero-order chi connectivity index (χ0) is 16.1. The molecule has 0 radical (unpaired) electrons. The molecule has 0 bridgehead atoms. The van der Waals surface area contributed by atoms with E-state index in [2.05, 4.69) is 42.9 Å². The van der Waals surface area contributed by atoms with Gasteiger partial charge in [0.05, 0.1) is 17.9 Å². The van der Waals surface area contributed by atoms with Crippen LogP contribution in [-0.4, -0.2) is 41.1 Å². The van der Waals surface area contributed by atoms with Crippen LogP contribution in [0.5, 0.6) is 0 Å². The summed E-state index contributed by atoms with van der Waals surface area (Å²) in [6, 6.07) is 0. The van der Waals surface area contributed by atoms with Gasteiger partial charge in [0.25, 0.3) is 0 Å². The summed E-state index contributed by atoms with van der Waals surface area (Å²) < 4.78 is 5.74. The van der Waals surface area contributed by atoms with Gasteiger partial charge in [0.2, 0.25) is 5.91 Å². The van der Waals surface area contributed by atoms with Gasteiger partial charge in [-0.2, -0.15) is 0 Å². The van der Waals surface area contributed by atoms with Gasteiger partial charge in [-0.15, -0.1) is 11.3 Å². The molecule has 6 heteroatoms. The number of hydrogen-bond donors (Lipinski definition) is 1. The van der Waals surface area contributed by atoms with E-state index in [9.17, 15) is 4.79 Å². The molecule has 1 aliphatic rings. The van der Waals surface area contributed by atoms with Crippen molar-refractivity contribution in [3.63, 3.8) is 0 Å². The van der Waals surface area contributed by atoms with E-state index in [4.69, 9.17) is 4.74 Å². The molecule has 1 aromatic heterocycles. The van der Waals surface area contributed by atoms with E-state index in [1.165, 1.54) is 11.3 Å². The summed E-state index contributed by atoms with van der Waals surface area (Å²) in [6.45, 7) is 11.1. The number of nitrogens with one attached hydrogen (secondary N) is 1. The average molecular weight is 325 g/mol.